The summed E-state index contributed by atoms with van der Waals surface area (Å²) < 4.78 is 13.8. The second kappa shape index (κ2) is 7.03. The topological polar surface area (TPSA) is 37.4 Å². The van der Waals surface area contributed by atoms with Crippen LogP contribution in [0, 0.1) is 5.82 Å². The highest BCUT2D eigenvalue weighted by atomic mass is 35.5. The van der Waals surface area contributed by atoms with E-state index in [0.29, 0.717) is 13.0 Å². The molecule has 1 amide bonds. The maximum Gasteiger partial charge on any atom is 0.227 e. The van der Waals surface area contributed by atoms with Crippen molar-refractivity contribution in [3.8, 4) is 0 Å². The number of benzene rings is 1. The Bertz CT molecular complexity index is 527. The largest absolute Gasteiger partial charge is 0.339 e. The maximum absolute atomic E-state index is 13.8. The van der Waals surface area contributed by atoms with Crippen LogP contribution in [0.2, 0.25) is 5.02 Å². The van der Waals surface area contributed by atoms with Gasteiger partial charge in [0.1, 0.15) is 11.6 Å². The van der Waals surface area contributed by atoms with E-state index in [1.165, 1.54) is 19.1 Å². The van der Waals surface area contributed by atoms with E-state index in [0.717, 1.165) is 19.3 Å². The third kappa shape index (κ3) is 4.03. The Hall–Kier alpha value is -1.42. The molecule has 0 radical (unpaired) electrons. The first-order chi connectivity index (χ1) is 9.99. The number of amides is 1. The molecule has 1 saturated heterocycles. The summed E-state index contributed by atoms with van der Waals surface area (Å²) in [6.45, 7) is 2.16. The monoisotopic (exact) mass is 311 g/mol. The van der Waals surface area contributed by atoms with E-state index in [9.17, 15) is 14.0 Å². The number of halogens is 2. The summed E-state index contributed by atoms with van der Waals surface area (Å²) >= 11 is 5.97. The van der Waals surface area contributed by atoms with Crippen molar-refractivity contribution in [2.24, 2.45) is 0 Å². The molecule has 1 heterocycles. The minimum atomic E-state index is -0.462. The highest BCUT2D eigenvalue weighted by Gasteiger charge is 2.28. The Balaban J connectivity index is 2.12. The first-order valence-corrected chi connectivity index (χ1v) is 7.58. The van der Waals surface area contributed by atoms with Crippen molar-refractivity contribution >= 4 is 23.3 Å². The van der Waals surface area contributed by atoms with E-state index in [-0.39, 0.29) is 34.7 Å². The lowest BCUT2D eigenvalue weighted by Crippen LogP contribution is -2.45. The van der Waals surface area contributed by atoms with Crippen LogP contribution in [0.25, 0.3) is 0 Å². The fraction of sp³-hybridized carbons (Fsp3) is 0.500. The average Bonchev–Trinajstić information content (AvgIpc) is 2.43. The van der Waals surface area contributed by atoms with Crippen LogP contribution in [0.1, 0.15) is 38.2 Å². The summed E-state index contributed by atoms with van der Waals surface area (Å²) in [7, 11) is 0. The standard InChI is InChI=1S/C16H19ClFNO2/c1-11(20)9-12-5-2-3-8-19(12)16(21)10-13-14(17)6-4-7-15(13)18/h4,6-7,12H,2-3,5,8-10H2,1H3. The summed E-state index contributed by atoms with van der Waals surface area (Å²) in [4.78, 5) is 25.5. The van der Waals surface area contributed by atoms with Crippen LogP contribution in [0.4, 0.5) is 4.39 Å². The summed E-state index contributed by atoms with van der Waals surface area (Å²) in [6.07, 6.45) is 3.08. The van der Waals surface area contributed by atoms with Crippen LogP contribution in [-0.2, 0) is 16.0 Å². The number of carbonyl (C=O) groups excluding carboxylic acids is 2. The summed E-state index contributed by atoms with van der Waals surface area (Å²) in [6, 6.07) is 4.34. The molecule has 1 aliphatic heterocycles. The molecule has 1 unspecified atom stereocenters. The Labute approximate surface area is 129 Å². The smallest absolute Gasteiger partial charge is 0.227 e. The van der Waals surface area contributed by atoms with Crippen molar-refractivity contribution < 1.29 is 14.0 Å². The lowest BCUT2D eigenvalue weighted by atomic mass is 9.97. The van der Waals surface area contributed by atoms with Gasteiger partial charge >= 0.3 is 0 Å². The molecule has 1 aliphatic rings. The predicted octanol–water partition coefficient (Wildman–Crippen LogP) is 3.38. The second-order valence-electron chi connectivity index (χ2n) is 5.52. The van der Waals surface area contributed by atoms with Crippen molar-refractivity contribution in [3.63, 3.8) is 0 Å². The van der Waals surface area contributed by atoms with Gasteiger partial charge in [-0.15, -0.1) is 0 Å². The number of ketones is 1. The van der Waals surface area contributed by atoms with Crippen LogP contribution < -0.4 is 0 Å². The van der Waals surface area contributed by atoms with Crippen LogP contribution in [0.3, 0.4) is 0 Å². The first-order valence-electron chi connectivity index (χ1n) is 7.21. The highest BCUT2D eigenvalue weighted by molar-refractivity contribution is 6.31. The predicted molar refractivity (Wildman–Crippen MR) is 79.8 cm³/mol. The van der Waals surface area contributed by atoms with Crippen LogP contribution in [0.15, 0.2) is 18.2 Å². The van der Waals surface area contributed by atoms with Crippen LogP contribution >= 0.6 is 11.6 Å². The van der Waals surface area contributed by atoms with Gasteiger partial charge in [-0.25, -0.2) is 4.39 Å². The Morgan fingerprint density at radius 1 is 1.38 bits per heavy atom. The van der Waals surface area contributed by atoms with Crippen molar-refractivity contribution in [1.82, 2.24) is 4.90 Å². The normalized spacial score (nSPS) is 18.6. The Kier molecular flexibility index (Phi) is 5.34. The van der Waals surface area contributed by atoms with Gasteiger partial charge < -0.3 is 4.90 Å². The van der Waals surface area contributed by atoms with Gasteiger partial charge in [0.05, 0.1) is 6.42 Å². The molecule has 1 aromatic rings. The number of Topliss-reactive ketones (excluding diaryl/α,β-unsaturated/α-hetero) is 1. The van der Waals surface area contributed by atoms with Crippen LogP contribution in [-0.4, -0.2) is 29.2 Å². The third-order valence-corrected chi connectivity index (χ3v) is 4.21. The van der Waals surface area contributed by atoms with Gasteiger partial charge in [0.25, 0.3) is 0 Å². The van der Waals surface area contributed by atoms with Gasteiger partial charge in [-0.2, -0.15) is 0 Å². The lowest BCUT2D eigenvalue weighted by Gasteiger charge is -2.35. The van der Waals surface area contributed by atoms with Crippen molar-refractivity contribution in [2.45, 2.75) is 45.1 Å². The Morgan fingerprint density at radius 2 is 2.14 bits per heavy atom. The lowest BCUT2D eigenvalue weighted by molar-refractivity contribution is -0.135. The molecule has 0 aliphatic carbocycles. The zero-order valence-corrected chi connectivity index (χ0v) is 12.8. The minimum Gasteiger partial charge on any atom is -0.339 e. The molecule has 0 N–H and O–H groups in total. The van der Waals surface area contributed by atoms with E-state index in [1.807, 2.05) is 0 Å². The fourth-order valence-corrected chi connectivity index (χ4v) is 3.06. The molecule has 0 bridgehead atoms. The molecule has 1 aromatic carbocycles. The number of hydrogen-bond acceptors (Lipinski definition) is 2. The summed E-state index contributed by atoms with van der Waals surface area (Å²) in [5, 5.41) is 0.267. The maximum atomic E-state index is 13.8. The minimum absolute atomic E-state index is 0.0556. The van der Waals surface area contributed by atoms with Gasteiger partial charge in [-0.05, 0) is 38.3 Å². The molecule has 0 spiro atoms. The molecule has 1 fully saturated rings. The van der Waals surface area contributed by atoms with E-state index >= 15 is 0 Å². The van der Waals surface area contributed by atoms with E-state index < -0.39 is 5.82 Å². The molecule has 2 rings (SSSR count). The van der Waals surface area contributed by atoms with Gasteiger partial charge in [-0.1, -0.05) is 17.7 Å². The molecule has 1 atom stereocenters. The molecule has 114 valence electrons. The van der Waals surface area contributed by atoms with E-state index in [4.69, 9.17) is 11.6 Å². The molecular formula is C16H19ClFNO2. The molecular weight excluding hydrogens is 293 g/mol. The van der Waals surface area contributed by atoms with Crippen molar-refractivity contribution in [1.29, 1.82) is 0 Å². The van der Waals surface area contributed by atoms with Crippen molar-refractivity contribution in [3.05, 3.63) is 34.6 Å². The summed E-state index contributed by atoms with van der Waals surface area (Å²) in [5.41, 5.74) is 0.233. The highest BCUT2D eigenvalue weighted by Crippen LogP contribution is 2.24. The number of likely N-dealkylation sites (tertiary alicyclic amines) is 1. The molecule has 0 aromatic heterocycles. The fourth-order valence-electron chi connectivity index (χ4n) is 2.83. The second-order valence-corrected chi connectivity index (χ2v) is 5.93. The quantitative estimate of drug-likeness (QED) is 0.855. The number of nitrogens with zero attached hydrogens (tertiary/aromatic N) is 1. The molecule has 0 saturated carbocycles. The van der Waals surface area contributed by atoms with Gasteiger partial charge in [0.2, 0.25) is 5.91 Å². The van der Waals surface area contributed by atoms with Gasteiger partial charge in [0, 0.05) is 29.6 Å². The number of hydrogen-bond donors (Lipinski definition) is 0. The average molecular weight is 312 g/mol. The molecule has 21 heavy (non-hydrogen) atoms. The van der Waals surface area contributed by atoms with Crippen LogP contribution in [0.5, 0.6) is 0 Å². The number of rotatable bonds is 4. The van der Waals surface area contributed by atoms with Gasteiger partial charge in [-0.3, -0.25) is 9.59 Å². The zero-order valence-electron chi connectivity index (χ0n) is 12.1. The van der Waals surface area contributed by atoms with E-state index in [1.54, 1.807) is 11.0 Å². The Morgan fingerprint density at radius 3 is 2.81 bits per heavy atom. The van der Waals surface area contributed by atoms with E-state index in [2.05, 4.69) is 0 Å². The number of piperidine rings is 1. The summed E-state index contributed by atoms with van der Waals surface area (Å²) in [5.74, 6) is -0.549. The molecule has 5 heteroatoms. The zero-order chi connectivity index (χ0) is 15.4. The first kappa shape index (κ1) is 16.0. The molecule has 3 nitrogen and oxygen atoms in total. The third-order valence-electron chi connectivity index (χ3n) is 3.86. The van der Waals surface area contributed by atoms with Crippen molar-refractivity contribution in [2.75, 3.05) is 6.54 Å². The number of carbonyl (C=O) groups is 2. The SMILES string of the molecule is CC(=O)CC1CCCCN1C(=O)Cc1c(F)cccc1Cl. The van der Waals surface area contributed by atoms with Gasteiger partial charge in [0.15, 0.2) is 0 Å².